The summed E-state index contributed by atoms with van der Waals surface area (Å²) in [6.07, 6.45) is 2.18. The third-order valence-electron chi connectivity index (χ3n) is 4.95. The average Bonchev–Trinajstić information content (AvgIpc) is 3.04. The van der Waals surface area contributed by atoms with Crippen LogP contribution in [0.1, 0.15) is 24.5 Å². The summed E-state index contributed by atoms with van der Waals surface area (Å²) in [6.45, 7) is 7.59. The predicted octanol–water partition coefficient (Wildman–Crippen LogP) is 3.76. The van der Waals surface area contributed by atoms with Gasteiger partial charge in [-0.05, 0) is 42.7 Å². The largest absolute Gasteiger partial charge is 0.326 e. The van der Waals surface area contributed by atoms with Crippen molar-refractivity contribution in [3.63, 3.8) is 0 Å². The minimum atomic E-state index is -4.01. The molecule has 1 heterocycles. The van der Waals surface area contributed by atoms with Gasteiger partial charge in [-0.2, -0.15) is 8.42 Å². The third kappa shape index (κ3) is 5.46. The van der Waals surface area contributed by atoms with E-state index in [1.807, 2.05) is 32.0 Å². The number of rotatable bonds is 8. The molecule has 168 valence electrons. The first kappa shape index (κ1) is 23.7. The first-order chi connectivity index (χ1) is 15.2. The molecule has 0 spiro atoms. The van der Waals surface area contributed by atoms with Crippen LogP contribution in [0, 0.1) is 6.92 Å². The van der Waals surface area contributed by atoms with E-state index in [0.717, 1.165) is 29.3 Å². The van der Waals surface area contributed by atoms with Crippen LogP contribution in [-0.2, 0) is 26.0 Å². The molecule has 0 radical (unpaired) electrons. The van der Waals surface area contributed by atoms with Gasteiger partial charge in [0.2, 0.25) is 11.8 Å². The number of amidine groups is 1. The monoisotopic (exact) mass is 471 g/mol. The molecule has 1 N–H and O–H groups in total. The predicted molar refractivity (Wildman–Crippen MR) is 128 cm³/mol. The van der Waals surface area contributed by atoms with Crippen molar-refractivity contribution in [2.24, 2.45) is 4.40 Å². The Labute approximate surface area is 192 Å². The molecule has 1 aliphatic heterocycles. The maximum absolute atomic E-state index is 12.9. The highest BCUT2D eigenvalue weighted by molar-refractivity contribution is 8.16. The molecule has 2 aromatic carbocycles. The standard InChI is InChI=1S/C23H25N3O4S2/c1-4-14-26-22(28)20(15-21(27)24-19-9-7-6-8-16(19)3)31-23(26)25-32(29,30)18-12-10-17(5-2)11-13-18/h4,6-13,20H,1,5,14-15H2,2-3H3,(H,24,27). The van der Waals surface area contributed by atoms with E-state index in [2.05, 4.69) is 16.3 Å². The van der Waals surface area contributed by atoms with Crippen molar-refractivity contribution in [2.45, 2.75) is 36.8 Å². The van der Waals surface area contributed by atoms with Gasteiger partial charge in [-0.15, -0.1) is 11.0 Å². The molecular weight excluding hydrogens is 446 g/mol. The van der Waals surface area contributed by atoms with Gasteiger partial charge in [0.1, 0.15) is 5.25 Å². The number of carbonyl (C=O) groups excluding carboxylic acids is 2. The maximum atomic E-state index is 12.9. The molecule has 1 saturated heterocycles. The summed E-state index contributed by atoms with van der Waals surface area (Å²) in [4.78, 5) is 26.7. The summed E-state index contributed by atoms with van der Waals surface area (Å²) in [5.41, 5.74) is 2.58. The lowest BCUT2D eigenvalue weighted by molar-refractivity contribution is -0.127. The fourth-order valence-electron chi connectivity index (χ4n) is 3.14. The summed E-state index contributed by atoms with van der Waals surface area (Å²) in [6, 6.07) is 13.8. The maximum Gasteiger partial charge on any atom is 0.284 e. The number of para-hydroxylation sites is 1. The van der Waals surface area contributed by atoms with Gasteiger partial charge in [0, 0.05) is 18.7 Å². The lowest BCUT2D eigenvalue weighted by atomic mass is 10.2. The van der Waals surface area contributed by atoms with Gasteiger partial charge >= 0.3 is 0 Å². The van der Waals surface area contributed by atoms with Crippen molar-refractivity contribution in [1.82, 2.24) is 4.90 Å². The molecule has 32 heavy (non-hydrogen) atoms. The number of nitrogens with one attached hydrogen (secondary N) is 1. The van der Waals surface area contributed by atoms with Crippen LogP contribution in [0.3, 0.4) is 0 Å². The summed E-state index contributed by atoms with van der Waals surface area (Å²) in [5.74, 6) is -0.701. The van der Waals surface area contributed by atoms with Gasteiger partial charge in [-0.25, -0.2) is 0 Å². The van der Waals surface area contributed by atoms with Crippen molar-refractivity contribution >= 4 is 44.5 Å². The first-order valence-electron chi connectivity index (χ1n) is 10.1. The number of hydrogen-bond acceptors (Lipinski definition) is 5. The number of sulfonamides is 1. The average molecular weight is 472 g/mol. The van der Waals surface area contributed by atoms with Crippen molar-refractivity contribution in [3.8, 4) is 0 Å². The van der Waals surface area contributed by atoms with E-state index in [4.69, 9.17) is 0 Å². The highest BCUT2D eigenvalue weighted by Gasteiger charge is 2.39. The highest BCUT2D eigenvalue weighted by Crippen LogP contribution is 2.31. The number of aryl methyl sites for hydroxylation is 2. The molecule has 3 rings (SSSR count). The van der Waals surface area contributed by atoms with Crippen LogP contribution in [0.15, 0.2) is 70.5 Å². The number of hydrogen-bond donors (Lipinski definition) is 1. The van der Waals surface area contributed by atoms with Crippen molar-refractivity contribution in [3.05, 3.63) is 72.3 Å². The zero-order valence-corrected chi connectivity index (χ0v) is 19.6. The molecule has 0 aromatic heterocycles. The Morgan fingerprint density at radius 1 is 1.22 bits per heavy atom. The van der Waals surface area contributed by atoms with E-state index < -0.39 is 15.3 Å². The molecule has 2 aromatic rings. The van der Waals surface area contributed by atoms with E-state index >= 15 is 0 Å². The molecule has 1 atom stereocenters. The quantitative estimate of drug-likeness (QED) is 0.592. The number of nitrogens with zero attached hydrogens (tertiary/aromatic N) is 2. The molecule has 9 heteroatoms. The van der Waals surface area contributed by atoms with E-state index in [9.17, 15) is 18.0 Å². The fourth-order valence-corrected chi connectivity index (χ4v) is 5.51. The first-order valence-corrected chi connectivity index (χ1v) is 12.5. The Bertz CT molecular complexity index is 1160. The Morgan fingerprint density at radius 3 is 2.53 bits per heavy atom. The van der Waals surface area contributed by atoms with Crippen molar-refractivity contribution < 1.29 is 18.0 Å². The molecule has 7 nitrogen and oxygen atoms in total. The van der Waals surface area contributed by atoms with Crippen LogP contribution in [0.2, 0.25) is 0 Å². The van der Waals surface area contributed by atoms with Crippen LogP contribution < -0.4 is 5.32 Å². The van der Waals surface area contributed by atoms with Gasteiger partial charge in [-0.3, -0.25) is 14.5 Å². The number of thioether (sulfide) groups is 1. The molecule has 1 aliphatic rings. The van der Waals surface area contributed by atoms with Crippen LogP contribution in [0.25, 0.3) is 0 Å². The molecule has 0 bridgehead atoms. The molecule has 0 aliphatic carbocycles. The van der Waals surface area contributed by atoms with Gasteiger partial charge in [0.25, 0.3) is 10.0 Å². The number of amides is 2. The van der Waals surface area contributed by atoms with E-state index in [1.165, 1.54) is 23.1 Å². The smallest absolute Gasteiger partial charge is 0.284 e. The van der Waals surface area contributed by atoms with Crippen molar-refractivity contribution in [2.75, 3.05) is 11.9 Å². The lowest BCUT2D eigenvalue weighted by Crippen LogP contribution is -2.34. The zero-order valence-electron chi connectivity index (χ0n) is 17.9. The molecule has 1 fully saturated rings. The second-order valence-electron chi connectivity index (χ2n) is 7.26. The van der Waals surface area contributed by atoms with Crippen LogP contribution in [0.5, 0.6) is 0 Å². The normalized spacial score (nSPS) is 17.6. The van der Waals surface area contributed by atoms with Crippen LogP contribution in [0.4, 0.5) is 5.69 Å². The Morgan fingerprint density at radius 2 is 1.91 bits per heavy atom. The molecule has 0 saturated carbocycles. The van der Waals surface area contributed by atoms with Crippen molar-refractivity contribution in [1.29, 1.82) is 0 Å². The highest BCUT2D eigenvalue weighted by atomic mass is 32.2. The Kier molecular flexibility index (Phi) is 7.52. The second kappa shape index (κ2) is 10.1. The zero-order chi connectivity index (χ0) is 23.3. The number of benzene rings is 2. The minimum Gasteiger partial charge on any atom is -0.326 e. The number of anilines is 1. The minimum absolute atomic E-state index is 0.0446. The second-order valence-corrected chi connectivity index (χ2v) is 10.0. The molecular formula is C23H25N3O4S2. The summed E-state index contributed by atoms with van der Waals surface area (Å²) in [5, 5.41) is 2.08. The molecule has 1 unspecified atom stereocenters. The van der Waals surface area contributed by atoms with Crippen LogP contribution in [-0.4, -0.2) is 42.1 Å². The lowest BCUT2D eigenvalue weighted by Gasteiger charge is -2.14. The summed E-state index contributed by atoms with van der Waals surface area (Å²) < 4.78 is 29.5. The fraction of sp³-hybridized carbons (Fsp3) is 0.261. The van der Waals surface area contributed by atoms with E-state index in [0.29, 0.717) is 5.69 Å². The summed E-state index contributed by atoms with van der Waals surface area (Å²) >= 11 is 0.978. The number of carbonyl (C=O) groups is 2. The topological polar surface area (TPSA) is 95.9 Å². The van der Waals surface area contributed by atoms with E-state index in [1.54, 1.807) is 18.2 Å². The third-order valence-corrected chi connectivity index (χ3v) is 7.52. The van der Waals surface area contributed by atoms with Gasteiger partial charge < -0.3 is 5.32 Å². The van der Waals surface area contributed by atoms with Gasteiger partial charge in [0.15, 0.2) is 5.17 Å². The van der Waals surface area contributed by atoms with Gasteiger partial charge in [0.05, 0.1) is 4.90 Å². The van der Waals surface area contributed by atoms with Gasteiger partial charge in [-0.1, -0.05) is 55.1 Å². The Hall–Kier alpha value is -2.91. The van der Waals surface area contributed by atoms with Crippen LogP contribution >= 0.6 is 11.8 Å². The molecule has 2 amide bonds. The summed E-state index contributed by atoms with van der Waals surface area (Å²) in [7, 11) is -4.01. The Balaban J connectivity index is 1.80. The van der Waals surface area contributed by atoms with E-state index in [-0.39, 0.29) is 34.8 Å². The SMILES string of the molecule is C=CCN1C(=O)C(CC(=O)Nc2ccccc2C)SC1=NS(=O)(=O)c1ccc(CC)cc1.